The second-order valence-electron chi connectivity index (χ2n) is 5.53. The first kappa shape index (κ1) is 14.5. The Kier molecular flexibility index (Phi) is 4.86. The van der Waals surface area contributed by atoms with E-state index < -0.39 is 0 Å². The van der Waals surface area contributed by atoms with Gasteiger partial charge < -0.3 is 10.1 Å². The number of thiophene rings is 1. The molecule has 1 aliphatic rings. The molecule has 2 rings (SSSR count). The summed E-state index contributed by atoms with van der Waals surface area (Å²) in [6.07, 6.45) is 2.59. The van der Waals surface area contributed by atoms with Gasteiger partial charge in [-0.25, -0.2) is 0 Å². The number of hydrogen-bond donors (Lipinski definition) is 1. The Bertz CT molecular complexity index is 393. The van der Waals surface area contributed by atoms with Crippen molar-refractivity contribution in [2.24, 2.45) is 5.41 Å². The van der Waals surface area contributed by atoms with Gasteiger partial charge in [-0.3, -0.25) is 0 Å². The number of ether oxygens (including phenoxy) is 1. The Hall–Kier alpha value is 0.1000. The van der Waals surface area contributed by atoms with Gasteiger partial charge >= 0.3 is 0 Å². The number of halogens is 1. The van der Waals surface area contributed by atoms with Crippen LogP contribution in [0.25, 0.3) is 0 Å². The van der Waals surface area contributed by atoms with Crippen molar-refractivity contribution in [1.82, 2.24) is 5.32 Å². The van der Waals surface area contributed by atoms with E-state index in [1.807, 2.05) is 11.3 Å². The highest BCUT2D eigenvalue weighted by molar-refractivity contribution is 9.10. The molecule has 0 spiro atoms. The highest BCUT2D eigenvalue weighted by Gasteiger charge is 2.41. The Labute approximate surface area is 122 Å². The zero-order valence-corrected chi connectivity index (χ0v) is 13.7. The number of hydrogen-bond acceptors (Lipinski definition) is 3. The minimum atomic E-state index is 0.248. The largest absolute Gasteiger partial charge is 0.378 e. The molecular formula is C14H22BrNOS. The van der Waals surface area contributed by atoms with Crippen LogP contribution in [0.2, 0.25) is 0 Å². The first-order chi connectivity index (χ1) is 8.53. The van der Waals surface area contributed by atoms with Gasteiger partial charge in [-0.1, -0.05) is 13.8 Å². The van der Waals surface area contributed by atoms with Crippen LogP contribution in [0, 0.1) is 5.41 Å². The average molecular weight is 332 g/mol. The zero-order chi connectivity index (χ0) is 13.2. The van der Waals surface area contributed by atoms with Crippen LogP contribution in [0.4, 0.5) is 0 Å². The molecule has 102 valence electrons. The monoisotopic (exact) mass is 331 g/mol. The summed E-state index contributed by atoms with van der Waals surface area (Å²) in [5.41, 5.74) is 0.248. The Balaban J connectivity index is 2.12. The van der Waals surface area contributed by atoms with Gasteiger partial charge in [0.1, 0.15) is 0 Å². The van der Waals surface area contributed by atoms with Gasteiger partial charge in [-0.2, -0.15) is 0 Å². The van der Waals surface area contributed by atoms with Gasteiger partial charge in [-0.05, 0) is 47.1 Å². The summed E-state index contributed by atoms with van der Waals surface area (Å²) in [7, 11) is 0. The van der Waals surface area contributed by atoms with Crippen molar-refractivity contribution in [3.8, 4) is 0 Å². The van der Waals surface area contributed by atoms with Crippen molar-refractivity contribution >= 4 is 27.3 Å². The number of nitrogens with one attached hydrogen (secondary N) is 1. The van der Waals surface area contributed by atoms with E-state index in [1.165, 1.54) is 9.35 Å². The summed E-state index contributed by atoms with van der Waals surface area (Å²) in [5.74, 6) is 0. The van der Waals surface area contributed by atoms with E-state index in [0.717, 1.165) is 26.0 Å². The zero-order valence-electron chi connectivity index (χ0n) is 11.3. The topological polar surface area (TPSA) is 21.3 Å². The maximum absolute atomic E-state index is 5.84. The van der Waals surface area contributed by atoms with Crippen LogP contribution < -0.4 is 5.32 Å². The van der Waals surface area contributed by atoms with Crippen LogP contribution in [0.15, 0.2) is 15.9 Å². The molecule has 2 atom stereocenters. The van der Waals surface area contributed by atoms with Gasteiger partial charge in [0.2, 0.25) is 0 Å². The third-order valence-electron chi connectivity index (χ3n) is 3.90. The van der Waals surface area contributed by atoms with Crippen molar-refractivity contribution in [1.29, 1.82) is 0 Å². The molecule has 0 radical (unpaired) electrons. The summed E-state index contributed by atoms with van der Waals surface area (Å²) >= 11 is 5.49. The molecule has 0 amide bonds. The van der Waals surface area contributed by atoms with E-state index >= 15 is 0 Å². The SMILES string of the molecule is CC(C)NCC1(Cc2sccc2Br)CCOC1C. The van der Waals surface area contributed by atoms with Gasteiger partial charge in [-0.15, -0.1) is 11.3 Å². The molecule has 1 aromatic heterocycles. The second-order valence-corrected chi connectivity index (χ2v) is 7.38. The van der Waals surface area contributed by atoms with Crippen molar-refractivity contribution in [2.45, 2.75) is 45.8 Å². The summed E-state index contributed by atoms with van der Waals surface area (Å²) in [6.45, 7) is 8.56. The molecule has 1 aliphatic heterocycles. The Morgan fingerprint density at radius 1 is 1.61 bits per heavy atom. The number of rotatable bonds is 5. The fraction of sp³-hybridized carbons (Fsp3) is 0.714. The van der Waals surface area contributed by atoms with E-state index in [9.17, 15) is 0 Å². The van der Waals surface area contributed by atoms with Crippen LogP contribution in [0.5, 0.6) is 0 Å². The van der Waals surface area contributed by atoms with Crippen LogP contribution in [-0.2, 0) is 11.2 Å². The van der Waals surface area contributed by atoms with E-state index in [4.69, 9.17) is 4.74 Å². The van der Waals surface area contributed by atoms with Crippen molar-refractivity contribution in [3.05, 3.63) is 20.8 Å². The molecule has 0 bridgehead atoms. The quantitative estimate of drug-likeness (QED) is 0.884. The molecule has 0 aromatic carbocycles. The van der Waals surface area contributed by atoms with Gasteiger partial charge in [0.15, 0.2) is 0 Å². The Morgan fingerprint density at radius 2 is 2.39 bits per heavy atom. The van der Waals surface area contributed by atoms with Gasteiger partial charge in [0.25, 0.3) is 0 Å². The maximum Gasteiger partial charge on any atom is 0.0619 e. The average Bonchev–Trinajstić information content (AvgIpc) is 2.86. The molecule has 18 heavy (non-hydrogen) atoms. The van der Waals surface area contributed by atoms with Crippen molar-refractivity contribution in [3.63, 3.8) is 0 Å². The van der Waals surface area contributed by atoms with Gasteiger partial charge in [0, 0.05) is 34.0 Å². The van der Waals surface area contributed by atoms with E-state index in [-0.39, 0.29) is 5.41 Å². The molecule has 2 nitrogen and oxygen atoms in total. The predicted molar refractivity (Wildman–Crippen MR) is 81.3 cm³/mol. The molecule has 2 unspecified atom stereocenters. The molecule has 0 aliphatic carbocycles. The summed E-state index contributed by atoms with van der Waals surface area (Å²) < 4.78 is 7.08. The molecule has 1 fully saturated rings. The molecular weight excluding hydrogens is 310 g/mol. The minimum Gasteiger partial charge on any atom is -0.378 e. The molecule has 1 saturated heterocycles. The van der Waals surface area contributed by atoms with Crippen LogP contribution in [-0.4, -0.2) is 25.3 Å². The normalized spacial score (nSPS) is 28.2. The lowest BCUT2D eigenvalue weighted by Gasteiger charge is -2.33. The first-order valence-corrected chi connectivity index (χ1v) is 8.28. The molecule has 1 aromatic rings. The first-order valence-electron chi connectivity index (χ1n) is 6.60. The third kappa shape index (κ3) is 3.16. The molecule has 2 heterocycles. The second kappa shape index (κ2) is 6.04. The fourth-order valence-electron chi connectivity index (χ4n) is 2.52. The maximum atomic E-state index is 5.84. The summed E-state index contributed by atoms with van der Waals surface area (Å²) in [6, 6.07) is 2.67. The van der Waals surface area contributed by atoms with E-state index in [2.05, 4.69) is 53.5 Å². The summed E-state index contributed by atoms with van der Waals surface area (Å²) in [4.78, 5) is 1.44. The van der Waals surface area contributed by atoms with Crippen LogP contribution in [0.3, 0.4) is 0 Å². The summed E-state index contributed by atoms with van der Waals surface area (Å²) in [5, 5.41) is 5.76. The highest BCUT2D eigenvalue weighted by Crippen LogP contribution is 2.40. The smallest absolute Gasteiger partial charge is 0.0619 e. The van der Waals surface area contributed by atoms with Crippen LogP contribution in [0.1, 0.15) is 32.1 Å². The Morgan fingerprint density at radius 3 is 2.89 bits per heavy atom. The lowest BCUT2D eigenvalue weighted by molar-refractivity contribution is 0.0624. The lowest BCUT2D eigenvalue weighted by atomic mass is 9.78. The highest BCUT2D eigenvalue weighted by atomic mass is 79.9. The van der Waals surface area contributed by atoms with E-state index in [0.29, 0.717) is 12.1 Å². The van der Waals surface area contributed by atoms with Crippen molar-refractivity contribution in [2.75, 3.05) is 13.2 Å². The fourth-order valence-corrected chi connectivity index (χ4v) is 4.17. The minimum absolute atomic E-state index is 0.248. The molecule has 4 heteroatoms. The third-order valence-corrected chi connectivity index (χ3v) is 5.82. The van der Waals surface area contributed by atoms with Crippen LogP contribution >= 0.6 is 27.3 Å². The van der Waals surface area contributed by atoms with E-state index in [1.54, 1.807) is 0 Å². The molecule has 1 N–H and O–H groups in total. The van der Waals surface area contributed by atoms with Gasteiger partial charge in [0.05, 0.1) is 6.10 Å². The van der Waals surface area contributed by atoms with Crippen molar-refractivity contribution < 1.29 is 4.74 Å². The standard InChI is InChI=1S/C14H22BrNOS/c1-10(2)16-9-14(5-6-17-11(14)3)8-13-12(15)4-7-18-13/h4,7,10-11,16H,5-6,8-9H2,1-3H3. The predicted octanol–water partition coefficient (Wildman–Crippen LogP) is 3.85. The lowest BCUT2D eigenvalue weighted by Crippen LogP contribution is -2.43. The molecule has 0 saturated carbocycles.